The van der Waals surface area contributed by atoms with E-state index in [-0.39, 0.29) is 24.8 Å². The molecule has 0 N–H and O–H groups in total. The largest absolute Gasteiger partial charge is 0.459 e. The fourth-order valence-electron chi connectivity index (χ4n) is 2.66. The second-order valence-electron chi connectivity index (χ2n) is 6.51. The molecule has 3 aromatic rings. The van der Waals surface area contributed by atoms with Crippen LogP contribution >= 0.6 is 11.3 Å². The number of thiophene rings is 1. The van der Waals surface area contributed by atoms with Gasteiger partial charge in [0.1, 0.15) is 22.9 Å². The molecule has 3 rings (SSSR count). The third-order valence-electron chi connectivity index (χ3n) is 3.99. The minimum Gasteiger partial charge on any atom is -0.459 e. The monoisotopic (exact) mass is 400 g/mol. The molecule has 0 amide bonds. The zero-order valence-corrected chi connectivity index (χ0v) is 16.6. The van der Waals surface area contributed by atoms with E-state index in [2.05, 4.69) is 4.98 Å². The van der Waals surface area contributed by atoms with Gasteiger partial charge in [0.15, 0.2) is 0 Å². The normalized spacial score (nSPS) is 11.0. The molecule has 0 saturated heterocycles. The second-order valence-corrected chi connectivity index (χ2v) is 7.51. The van der Waals surface area contributed by atoms with E-state index in [1.165, 1.54) is 10.9 Å². The highest BCUT2D eigenvalue weighted by Crippen LogP contribution is 2.27. The first-order valence-electron chi connectivity index (χ1n) is 8.76. The van der Waals surface area contributed by atoms with E-state index in [0.717, 1.165) is 16.9 Å². The van der Waals surface area contributed by atoms with Crippen molar-refractivity contribution in [1.82, 2.24) is 9.55 Å². The Balaban J connectivity index is 1.80. The van der Waals surface area contributed by atoms with Gasteiger partial charge in [-0.15, -0.1) is 11.3 Å². The zero-order valence-electron chi connectivity index (χ0n) is 15.8. The minimum absolute atomic E-state index is 0.132. The maximum Gasteiger partial charge on any atom is 0.348 e. The number of carbonyl (C=O) groups excluding carboxylic acids is 2. The lowest BCUT2D eigenvalue weighted by molar-refractivity contribution is -0.145. The first-order valence-corrected chi connectivity index (χ1v) is 9.57. The molecule has 0 aliphatic heterocycles. The van der Waals surface area contributed by atoms with Crippen molar-refractivity contribution >= 4 is 33.5 Å². The van der Waals surface area contributed by atoms with Crippen molar-refractivity contribution in [1.29, 1.82) is 0 Å². The Bertz CT molecular complexity index is 1070. The van der Waals surface area contributed by atoms with Crippen LogP contribution in [0.15, 0.2) is 41.5 Å². The lowest BCUT2D eigenvalue weighted by atomic mass is 10.2. The average Bonchev–Trinajstić information content (AvgIpc) is 3.00. The molecular formula is C20H20N2O5S. The highest BCUT2D eigenvalue weighted by Gasteiger charge is 2.21. The summed E-state index contributed by atoms with van der Waals surface area (Å²) in [5, 5.41) is 0.319. The molecule has 0 bridgehead atoms. The van der Waals surface area contributed by atoms with Crippen LogP contribution in [-0.2, 0) is 27.4 Å². The molecule has 2 heterocycles. The number of benzene rings is 1. The van der Waals surface area contributed by atoms with E-state index in [4.69, 9.17) is 9.47 Å². The summed E-state index contributed by atoms with van der Waals surface area (Å²) in [5.74, 6) is -1.02. The van der Waals surface area contributed by atoms with Crippen molar-refractivity contribution < 1.29 is 19.1 Å². The maximum atomic E-state index is 12.8. The average molecular weight is 400 g/mol. The molecule has 0 spiro atoms. The molecule has 28 heavy (non-hydrogen) atoms. The molecule has 0 saturated carbocycles. The molecule has 7 nitrogen and oxygen atoms in total. The van der Waals surface area contributed by atoms with Gasteiger partial charge in [-0.2, -0.15) is 0 Å². The number of esters is 2. The van der Waals surface area contributed by atoms with Gasteiger partial charge in [-0.25, -0.2) is 9.78 Å². The summed E-state index contributed by atoms with van der Waals surface area (Å²) >= 11 is 1.11. The predicted molar refractivity (Wildman–Crippen MR) is 105 cm³/mol. The Kier molecular flexibility index (Phi) is 5.89. The lowest BCUT2D eigenvalue weighted by Crippen LogP contribution is -2.25. The predicted octanol–water partition coefficient (Wildman–Crippen LogP) is 3.08. The van der Waals surface area contributed by atoms with Gasteiger partial charge < -0.3 is 9.47 Å². The fourth-order valence-corrected chi connectivity index (χ4v) is 3.68. The van der Waals surface area contributed by atoms with Crippen LogP contribution in [0.25, 0.3) is 10.2 Å². The summed E-state index contributed by atoms with van der Waals surface area (Å²) in [7, 11) is 0. The summed E-state index contributed by atoms with van der Waals surface area (Å²) < 4.78 is 11.6. The Labute approximate surface area is 165 Å². The van der Waals surface area contributed by atoms with Crippen LogP contribution in [0.4, 0.5) is 0 Å². The van der Waals surface area contributed by atoms with E-state index >= 15 is 0 Å². The Morgan fingerprint density at radius 1 is 1.21 bits per heavy atom. The summed E-state index contributed by atoms with van der Waals surface area (Å²) in [6, 6.07) is 9.28. The molecule has 8 heteroatoms. The quantitative estimate of drug-likeness (QED) is 0.591. The number of aromatic nitrogens is 2. The van der Waals surface area contributed by atoms with Gasteiger partial charge in [0.05, 0.1) is 17.8 Å². The van der Waals surface area contributed by atoms with E-state index in [1.54, 1.807) is 20.8 Å². The minimum atomic E-state index is -0.542. The van der Waals surface area contributed by atoms with Crippen LogP contribution in [-0.4, -0.2) is 27.6 Å². The van der Waals surface area contributed by atoms with Gasteiger partial charge >= 0.3 is 11.9 Å². The lowest BCUT2D eigenvalue weighted by Gasteiger charge is -2.07. The third-order valence-corrected chi connectivity index (χ3v) is 5.17. The van der Waals surface area contributed by atoms with E-state index in [1.807, 2.05) is 30.3 Å². The number of carbonyl (C=O) groups is 2. The van der Waals surface area contributed by atoms with Crippen LogP contribution < -0.4 is 5.56 Å². The van der Waals surface area contributed by atoms with Crippen molar-refractivity contribution in [2.24, 2.45) is 0 Å². The standard InChI is InChI=1S/C20H20N2O5S/c1-12(2)27-20(25)17-13(3)16-18(28-17)21-11-22(19(16)24)9-15(23)26-10-14-7-5-4-6-8-14/h4-8,11-12H,9-10H2,1-3H3. The summed E-state index contributed by atoms with van der Waals surface area (Å²) in [6.07, 6.45) is 1.03. The van der Waals surface area contributed by atoms with Gasteiger partial charge in [-0.05, 0) is 31.9 Å². The summed E-state index contributed by atoms with van der Waals surface area (Å²) in [4.78, 5) is 42.1. The van der Waals surface area contributed by atoms with Crippen LogP contribution in [0.3, 0.4) is 0 Å². The number of hydrogen-bond acceptors (Lipinski definition) is 7. The number of rotatable bonds is 6. The molecule has 0 aliphatic carbocycles. The summed E-state index contributed by atoms with van der Waals surface area (Å²) in [6.45, 7) is 5.07. The Morgan fingerprint density at radius 3 is 2.61 bits per heavy atom. The molecule has 1 aromatic carbocycles. The Hall–Kier alpha value is -3.00. The van der Waals surface area contributed by atoms with Crippen molar-refractivity contribution in [2.75, 3.05) is 0 Å². The van der Waals surface area contributed by atoms with Crippen LogP contribution in [0.2, 0.25) is 0 Å². The van der Waals surface area contributed by atoms with Crippen molar-refractivity contribution in [3.05, 3.63) is 63.0 Å². The smallest absolute Gasteiger partial charge is 0.348 e. The highest BCUT2D eigenvalue weighted by molar-refractivity contribution is 7.20. The fraction of sp³-hybridized carbons (Fsp3) is 0.300. The third kappa shape index (κ3) is 4.28. The zero-order chi connectivity index (χ0) is 20.3. The number of fused-ring (bicyclic) bond motifs is 1. The number of ether oxygens (including phenoxy) is 2. The second kappa shape index (κ2) is 8.35. The van der Waals surface area contributed by atoms with Gasteiger partial charge in [0.2, 0.25) is 0 Å². The Morgan fingerprint density at radius 2 is 1.93 bits per heavy atom. The van der Waals surface area contributed by atoms with Crippen LogP contribution in [0, 0.1) is 6.92 Å². The molecule has 0 atom stereocenters. The summed E-state index contributed by atoms with van der Waals surface area (Å²) in [5.41, 5.74) is 0.980. The van der Waals surface area contributed by atoms with Gasteiger partial charge in [0.25, 0.3) is 5.56 Å². The molecule has 146 valence electrons. The van der Waals surface area contributed by atoms with E-state index in [0.29, 0.717) is 20.7 Å². The van der Waals surface area contributed by atoms with Gasteiger partial charge in [0, 0.05) is 0 Å². The number of aryl methyl sites for hydroxylation is 1. The molecular weight excluding hydrogens is 380 g/mol. The maximum absolute atomic E-state index is 12.8. The molecule has 0 radical (unpaired) electrons. The molecule has 0 unspecified atom stereocenters. The topological polar surface area (TPSA) is 87.5 Å². The first-order chi connectivity index (χ1) is 13.4. The number of hydrogen-bond donors (Lipinski definition) is 0. The SMILES string of the molecule is Cc1c(C(=O)OC(C)C)sc2ncn(CC(=O)OCc3ccccc3)c(=O)c12. The van der Waals surface area contributed by atoms with Crippen LogP contribution in [0.1, 0.15) is 34.6 Å². The first kappa shape index (κ1) is 19.8. The highest BCUT2D eigenvalue weighted by atomic mass is 32.1. The van der Waals surface area contributed by atoms with Gasteiger partial charge in [-0.3, -0.25) is 14.2 Å². The molecule has 0 fully saturated rings. The van der Waals surface area contributed by atoms with Gasteiger partial charge in [-0.1, -0.05) is 30.3 Å². The van der Waals surface area contributed by atoms with Crippen molar-refractivity contribution in [3.63, 3.8) is 0 Å². The molecule has 2 aromatic heterocycles. The number of nitrogens with zero attached hydrogens (tertiary/aromatic N) is 2. The van der Waals surface area contributed by atoms with E-state index in [9.17, 15) is 14.4 Å². The van der Waals surface area contributed by atoms with Crippen LogP contribution in [0.5, 0.6) is 0 Å². The van der Waals surface area contributed by atoms with Crippen molar-refractivity contribution in [2.45, 2.75) is 40.0 Å². The van der Waals surface area contributed by atoms with E-state index < -0.39 is 11.9 Å². The molecule has 0 aliphatic rings. The van der Waals surface area contributed by atoms with Crippen molar-refractivity contribution in [3.8, 4) is 0 Å².